The summed E-state index contributed by atoms with van der Waals surface area (Å²) in [6, 6.07) is 9.73. The SMILES string of the molecule is Cl.N=C(N/N=C/c1ccc(OC(F)(F)F)cc1)N/N=C/c1ccc(OC(F)(F)F)cc1. The van der Waals surface area contributed by atoms with Crippen LogP contribution in [0.1, 0.15) is 11.1 Å². The van der Waals surface area contributed by atoms with Crippen LogP contribution >= 0.6 is 12.4 Å². The van der Waals surface area contributed by atoms with Crippen LogP contribution in [0.2, 0.25) is 0 Å². The summed E-state index contributed by atoms with van der Waals surface area (Å²) in [5.41, 5.74) is 5.43. The van der Waals surface area contributed by atoms with E-state index in [9.17, 15) is 26.3 Å². The molecule has 0 heterocycles. The quantitative estimate of drug-likeness (QED) is 0.253. The molecule has 0 aliphatic heterocycles. The normalized spacial score (nSPS) is 11.8. The van der Waals surface area contributed by atoms with Gasteiger partial charge in [0, 0.05) is 0 Å². The van der Waals surface area contributed by atoms with E-state index >= 15 is 0 Å². The second-order valence-electron chi connectivity index (χ2n) is 5.35. The molecule has 0 saturated heterocycles. The van der Waals surface area contributed by atoms with Crippen LogP contribution in [0.4, 0.5) is 26.3 Å². The van der Waals surface area contributed by atoms with Crippen LogP contribution in [0.3, 0.4) is 0 Å². The highest BCUT2D eigenvalue weighted by molar-refractivity contribution is 5.85. The Labute approximate surface area is 177 Å². The number of hydrogen-bond acceptors (Lipinski definition) is 5. The highest BCUT2D eigenvalue weighted by Crippen LogP contribution is 2.23. The van der Waals surface area contributed by atoms with E-state index in [0.717, 1.165) is 24.3 Å². The summed E-state index contributed by atoms with van der Waals surface area (Å²) >= 11 is 0. The van der Waals surface area contributed by atoms with Gasteiger partial charge in [-0.3, -0.25) is 5.41 Å². The molecule has 3 N–H and O–H groups in total. The first-order chi connectivity index (χ1) is 14.0. The first-order valence-corrected chi connectivity index (χ1v) is 7.88. The third-order valence-electron chi connectivity index (χ3n) is 3.01. The van der Waals surface area contributed by atoms with E-state index in [2.05, 4.69) is 30.5 Å². The largest absolute Gasteiger partial charge is 0.573 e. The number of nitrogens with zero attached hydrogens (tertiary/aromatic N) is 2. The molecule has 7 nitrogen and oxygen atoms in total. The van der Waals surface area contributed by atoms with Crippen molar-refractivity contribution in [1.29, 1.82) is 5.41 Å². The summed E-state index contributed by atoms with van der Waals surface area (Å²) in [6.45, 7) is 0. The molecule has 0 aromatic heterocycles. The molecule has 14 heteroatoms. The topological polar surface area (TPSA) is 91.1 Å². The van der Waals surface area contributed by atoms with Gasteiger partial charge in [-0.2, -0.15) is 10.2 Å². The molecule has 0 saturated carbocycles. The maximum Gasteiger partial charge on any atom is 0.573 e. The van der Waals surface area contributed by atoms with Gasteiger partial charge in [-0.05, 0) is 59.7 Å². The van der Waals surface area contributed by atoms with Crippen molar-refractivity contribution >= 4 is 30.8 Å². The third kappa shape index (κ3) is 10.7. The number of guanidine groups is 1. The molecular weight excluding hydrogens is 456 g/mol. The highest BCUT2D eigenvalue weighted by Gasteiger charge is 2.31. The second-order valence-corrected chi connectivity index (χ2v) is 5.35. The Morgan fingerprint density at radius 3 is 1.32 bits per heavy atom. The zero-order valence-electron chi connectivity index (χ0n) is 15.2. The van der Waals surface area contributed by atoms with Crippen molar-refractivity contribution in [3.63, 3.8) is 0 Å². The van der Waals surface area contributed by atoms with Gasteiger partial charge in [0.25, 0.3) is 0 Å². The highest BCUT2D eigenvalue weighted by atomic mass is 35.5. The zero-order valence-corrected chi connectivity index (χ0v) is 16.0. The maximum atomic E-state index is 12.1. The summed E-state index contributed by atoms with van der Waals surface area (Å²) in [4.78, 5) is 0. The summed E-state index contributed by atoms with van der Waals surface area (Å²) in [5, 5.41) is 14.9. The lowest BCUT2D eigenvalue weighted by atomic mass is 10.2. The van der Waals surface area contributed by atoms with E-state index in [0.29, 0.717) is 11.1 Å². The Morgan fingerprint density at radius 1 is 0.710 bits per heavy atom. The maximum absolute atomic E-state index is 12.1. The molecule has 31 heavy (non-hydrogen) atoms. The number of alkyl halides is 6. The van der Waals surface area contributed by atoms with Crippen LogP contribution in [0.25, 0.3) is 0 Å². The smallest absolute Gasteiger partial charge is 0.406 e. The minimum absolute atomic E-state index is 0. The molecule has 0 amide bonds. The van der Waals surface area contributed by atoms with Gasteiger partial charge < -0.3 is 9.47 Å². The second kappa shape index (κ2) is 11.1. The summed E-state index contributed by atoms with van der Waals surface area (Å²) in [6.07, 6.45) is -7.07. The van der Waals surface area contributed by atoms with Crippen molar-refractivity contribution in [3.05, 3.63) is 59.7 Å². The van der Waals surface area contributed by atoms with Gasteiger partial charge in [-0.15, -0.1) is 38.7 Å². The number of benzene rings is 2. The third-order valence-corrected chi connectivity index (χ3v) is 3.01. The lowest BCUT2D eigenvalue weighted by molar-refractivity contribution is -0.275. The van der Waals surface area contributed by atoms with Crippen molar-refractivity contribution in [2.24, 2.45) is 10.2 Å². The van der Waals surface area contributed by atoms with Crippen LogP contribution in [0, 0.1) is 5.41 Å². The predicted molar refractivity (Wildman–Crippen MR) is 103 cm³/mol. The van der Waals surface area contributed by atoms with E-state index in [1.807, 2.05) is 0 Å². The number of hydrogen-bond donors (Lipinski definition) is 3. The standard InChI is InChI=1S/C17H13F6N5O2.ClH/c18-16(19,20)29-13-5-1-11(2-6-13)9-25-27-15(24)28-26-10-12-3-7-14(8-4-12)30-17(21,22)23;/h1-10H,(H3,24,27,28);1H/b25-9+,26-10+;. The van der Waals surface area contributed by atoms with Crippen molar-refractivity contribution in [2.75, 3.05) is 0 Å². The van der Waals surface area contributed by atoms with Crippen LogP contribution in [0.15, 0.2) is 58.7 Å². The fourth-order valence-electron chi connectivity index (χ4n) is 1.88. The van der Waals surface area contributed by atoms with Gasteiger partial charge in [-0.1, -0.05) is 0 Å². The molecular formula is C17H14ClF6N5O2. The lowest BCUT2D eigenvalue weighted by Gasteiger charge is -2.08. The van der Waals surface area contributed by atoms with Crippen molar-refractivity contribution in [3.8, 4) is 11.5 Å². The van der Waals surface area contributed by atoms with E-state index in [1.165, 1.54) is 36.7 Å². The fourth-order valence-corrected chi connectivity index (χ4v) is 1.88. The minimum atomic E-state index is -4.78. The number of hydrazone groups is 2. The van der Waals surface area contributed by atoms with E-state index in [-0.39, 0.29) is 29.9 Å². The van der Waals surface area contributed by atoms with Crippen molar-refractivity contribution in [2.45, 2.75) is 12.7 Å². The molecule has 0 unspecified atom stereocenters. The Bertz CT molecular complexity index is 826. The summed E-state index contributed by atoms with van der Waals surface area (Å²) < 4.78 is 79.9. The Kier molecular flexibility index (Phi) is 9.12. The summed E-state index contributed by atoms with van der Waals surface area (Å²) in [5.74, 6) is -1.10. The van der Waals surface area contributed by atoms with Gasteiger partial charge >= 0.3 is 12.7 Å². The van der Waals surface area contributed by atoms with Crippen LogP contribution < -0.4 is 20.3 Å². The van der Waals surface area contributed by atoms with E-state index in [4.69, 9.17) is 5.41 Å². The molecule has 0 aliphatic carbocycles. The van der Waals surface area contributed by atoms with Gasteiger partial charge in [0.1, 0.15) is 11.5 Å². The lowest BCUT2D eigenvalue weighted by Crippen LogP contribution is -2.29. The molecule has 0 fully saturated rings. The molecule has 2 aromatic carbocycles. The molecule has 0 bridgehead atoms. The van der Waals surface area contributed by atoms with Crippen LogP contribution in [-0.4, -0.2) is 31.1 Å². The zero-order chi connectivity index (χ0) is 22.2. The van der Waals surface area contributed by atoms with Gasteiger partial charge in [-0.25, -0.2) is 10.9 Å². The van der Waals surface area contributed by atoms with Gasteiger partial charge in [0.15, 0.2) is 0 Å². The number of halogens is 7. The molecule has 0 radical (unpaired) electrons. The number of ether oxygens (including phenoxy) is 2. The Balaban J connectivity index is 0.00000480. The monoisotopic (exact) mass is 469 g/mol. The van der Waals surface area contributed by atoms with Crippen molar-refractivity contribution in [1.82, 2.24) is 10.9 Å². The van der Waals surface area contributed by atoms with E-state index in [1.54, 1.807) is 0 Å². The molecule has 0 spiro atoms. The molecule has 0 aliphatic rings. The van der Waals surface area contributed by atoms with Gasteiger partial charge in [0.2, 0.25) is 5.96 Å². The van der Waals surface area contributed by atoms with Crippen LogP contribution in [-0.2, 0) is 0 Å². The predicted octanol–water partition coefficient (Wildman–Crippen LogP) is 4.39. The first-order valence-electron chi connectivity index (χ1n) is 7.88. The first kappa shape index (κ1) is 25.6. The number of rotatable bonds is 6. The van der Waals surface area contributed by atoms with Crippen LogP contribution in [0.5, 0.6) is 11.5 Å². The fraction of sp³-hybridized carbons (Fsp3) is 0.118. The average Bonchev–Trinajstić information content (AvgIpc) is 2.62. The summed E-state index contributed by atoms with van der Waals surface area (Å²) in [7, 11) is 0. The van der Waals surface area contributed by atoms with Gasteiger partial charge in [0.05, 0.1) is 12.4 Å². The molecule has 0 atom stereocenters. The van der Waals surface area contributed by atoms with E-state index < -0.39 is 12.7 Å². The molecule has 2 aromatic rings. The minimum Gasteiger partial charge on any atom is -0.406 e. The average molecular weight is 470 g/mol. The number of nitrogens with one attached hydrogen (secondary N) is 3. The Morgan fingerprint density at radius 2 is 1.03 bits per heavy atom. The molecule has 2 rings (SSSR count). The molecule has 168 valence electrons. The van der Waals surface area contributed by atoms with Crippen molar-refractivity contribution < 1.29 is 35.8 Å². The Hall–Kier alpha value is -3.48.